The summed E-state index contributed by atoms with van der Waals surface area (Å²) < 4.78 is 0.909. The van der Waals surface area contributed by atoms with E-state index in [0.717, 1.165) is 48.3 Å². The van der Waals surface area contributed by atoms with E-state index in [4.69, 9.17) is 0 Å². The van der Waals surface area contributed by atoms with Gasteiger partial charge in [-0.15, -0.1) is 0 Å². The molecule has 1 fully saturated rings. The SMILES string of the molecule is CCNc1ncnc(NCCN(CC)C2CC2)c1Br. The van der Waals surface area contributed by atoms with E-state index in [1.54, 1.807) is 6.33 Å². The van der Waals surface area contributed by atoms with E-state index < -0.39 is 0 Å². The normalized spacial score (nSPS) is 14.7. The maximum absolute atomic E-state index is 4.28. The maximum Gasteiger partial charge on any atom is 0.145 e. The topological polar surface area (TPSA) is 53.1 Å². The molecule has 0 saturated heterocycles. The summed E-state index contributed by atoms with van der Waals surface area (Å²) in [5, 5.41) is 6.59. The summed E-state index contributed by atoms with van der Waals surface area (Å²) in [6.45, 7) is 8.22. The quantitative estimate of drug-likeness (QED) is 0.768. The van der Waals surface area contributed by atoms with Crippen molar-refractivity contribution in [2.24, 2.45) is 0 Å². The summed E-state index contributed by atoms with van der Waals surface area (Å²) in [7, 11) is 0. The molecule has 1 aromatic rings. The number of nitrogens with one attached hydrogen (secondary N) is 2. The number of aromatic nitrogens is 2. The lowest BCUT2D eigenvalue weighted by molar-refractivity contribution is 0.289. The van der Waals surface area contributed by atoms with Crippen molar-refractivity contribution in [2.75, 3.05) is 36.8 Å². The first kappa shape index (κ1) is 14.5. The van der Waals surface area contributed by atoms with E-state index in [9.17, 15) is 0 Å². The lowest BCUT2D eigenvalue weighted by atomic mass is 10.4. The molecule has 0 amide bonds. The van der Waals surface area contributed by atoms with Gasteiger partial charge in [-0.3, -0.25) is 4.90 Å². The zero-order valence-corrected chi connectivity index (χ0v) is 13.2. The largest absolute Gasteiger partial charge is 0.369 e. The highest BCUT2D eigenvalue weighted by molar-refractivity contribution is 9.10. The lowest BCUT2D eigenvalue weighted by Crippen LogP contribution is -2.31. The van der Waals surface area contributed by atoms with Crippen LogP contribution in [0.15, 0.2) is 10.8 Å². The van der Waals surface area contributed by atoms with Crippen LogP contribution < -0.4 is 10.6 Å². The van der Waals surface area contributed by atoms with Gasteiger partial charge in [-0.1, -0.05) is 6.92 Å². The highest BCUT2D eigenvalue weighted by Crippen LogP contribution is 2.27. The van der Waals surface area contributed by atoms with Crippen LogP contribution in [0.1, 0.15) is 26.7 Å². The van der Waals surface area contributed by atoms with Gasteiger partial charge in [0, 0.05) is 25.7 Å². The van der Waals surface area contributed by atoms with Gasteiger partial charge in [-0.2, -0.15) is 0 Å². The number of halogens is 1. The monoisotopic (exact) mass is 327 g/mol. The van der Waals surface area contributed by atoms with Crippen LogP contribution in [-0.2, 0) is 0 Å². The zero-order valence-electron chi connectivity index (χ0n) is 11.6. The predicted octanol–water partition coefficient (Wildman–Crippen LogP) is 2.57. The fourth-order valence-electron chi connectivity index (χ4n) is 2.14. The standard InChI is InChI=1S/C13H22BrN5/c1-3-15-12-11(14)13(18-9-17-12)16-7-8-19(4-2)10-5-6-10/h9-10H,3-8H2,1-2H3,(H2,15,16,17,18). The molecular weight excluding hydrogens is 306 g/mol. The van der Waals surface area contributed by atoms with E-state index in [1.807, 2.05) is 0 Å². The molecule has 0 aromatic carbocycles. The first-order valence-electron chi connectivity index (χ1n) is 6.98. The fraction of sp³-hybridized carbons (Fsp3) is 0.692. The van der Waals surface area contributed by atoms with Crippen LogP contribution >= 0.6 is 15.9 Å². The first-order chi connectivity index (χ1) is 9.26. The molecule has 5 nitrogen and oxygen atoms in total. The minimum Gasteiger partial charge on any atom is -0.369 e. The Morgan fingerprint density at radius 3 is 2.53 bits per heavy atom. The molecule has 0 aliphatic heterocycles. The van der Waals surface area contributed by atoms with Crippen LogP contribution in [-0.4, -0.2) is 47.1 Å². The van der Waals surface area contributed by atoms with Gasteiger partial charge in [0.1, 0.15) is 22.4 Å². The molecule has 0 radical (unpaired) electrons. The Bertz CT molecular complexity index is 408. The molecule has 1 aliphatic rings. The number of rotatable bonds is 8. The van der Waals surface area contributed by atoms with Crippen molar-refractivity contribution in [3.05, 3.63) is 10.8 Å². The molecule has 0 bridgehead atoms. The van der Waals surface area contributed by atoms with Crippen molar-refractivity contribution in [1.29, 1.82) is 0 Å². The van der Waals surface area contributed by atoms with E-state index in [-0.39, 0.29) is 0 Å². The van der Waals surface area contributed by atoms with Crippen LogP contribution in [0.25, 0.3) is 0 Å². The zero-order chi connectivity index (χ0) is 13.7. The Morgan fingerprint density at radius 1 is 1.26 bits per heavy atom. The van der Waals surface area contributed by atoms with E-state index >= 15 is 0 Å². The Kier molecular flexibility index (Phi) is 5.39. The third-order valence-electron chi connectivity index (χ3n) is 3.29. The Hall–Kier alpha value is -0.880. The van der Waals surface area contributed by atoms with Crippen molar-refractivity contribution < 1.29 is 0 Å². The van der Waals surface area contributed by atoms with Gasteiger partial charge < -0.3 is 10.6 Å². The van der Waals surface area contributed by atoms with Gasteiger partial charge in [0.05, 0.1) is 0 Å². The molecule has 2 rings (SSSR count). The second-order valence-corrected chi connectivity index (χ2v) is 5.49. The highest BCUT2D eigenvalue weighted by Gasteiger charge is 2.27. The van der Waals surface area contributed by atoms with Crippen LogP contribution in [0, 0.1) is 0 Å². The van der Waals surface area contributed by atoms with Crippen molar-refractivity contribution >= 4 is 27.6 Å². The summed E-state index contributed by atoms with van der Waals surface area (Å²) in [6, 6.07) is 0.818. The number of nitrogens with zero attached hydrogens (tertiary/aromatic N) is 3. The second-order valence-electron chi connectivity index (χ2n) is 4.70. The number of likely N-dealkylation sites (N-methyl/N-ethyl adjacent to an activating group) is 1. The van der Waals surface area contributed by atoms with Crippen molar-refractivity contribution in [1.82, 2.24) is 14.9 Å². The molecule has 106 valence electrons. The molecule has 0 unspecified atom stereocenters. The Labute approximate surface area is 123 Å². The van der Waals surface area contributed by atoms with E-state index in [1.165, 1.54) is 12.8 Å². The minimum atomic E-state index is 0.818. The molecule has 19 heavy (non-hydrogen) atoms. The van der Waals surface area contributed by atoms with Crippen molar-refractivity contribution in [3.8, 4) is 0 Å². The van der Waals surface area contributed by atoms with E-state index in [2.05, 4.69) is 55.3 Å². The smallest absolute Gasteiger partial charge is 0.145 e. The average molecular weight is 328 g/mol. The summed E-state index contributed by atoms with van der Waals surface area (Å²) in [6.07, 6.45) is 4.30. The molecule has 1 saturated carbocycles. The van der Waals surface area contributed by atoms with Crippen LogP contribution in [0.3, 0.4) is 0 Å². The number of anilines is 2. The molecule has 6 heteroatoms. The summed E-state index contributed by atoms with van der Waals surface area (Å²) in [4.78, 5) is 11.0. The third-order valence-corrected chi connectivity index (χ3v) is 4.05. The highest BCUT2D eigenvalue weighted by atomic mass is 79.9. The summed E-state index contributed by atoms with van der Waals surface area (Å²) >= 11 is 3.54. The van der Waals surface area contributed by atoms with E-state index in [0.29, 0.717) is 0 Å². The molecule has 1 heterocycles. The van der Waals surface area contributed by atoms with Crippen molar-refractivity contribution in [3.63, 3.8) is 0 Å². The van der Waals surface area contributed by atoms with Gasteiger partial charge in [0.25, 0.3) is 0 Å². The summed E-state index contributed by atoms with van der Waals surface area (Å²) in [5.41, 5.74) is 0. The van der Waals surface area contributed by atoms with Crippen LogP contribution in [0.4, 0.5) is 11.6 Å². The molecule has 1 aliphatic carbocycles. The molecule has 0 atom stereocenters. The van der Waals surface area contributed by atoms with Gasteiger partial charge in [0.15, 0.2) is 0 Å². The maximum atomic E-state index is 4.28. The van der Waals surface area contributed by atoms with Crippen molar-refractivity contribution in [2.45, 2.75) is 32.7 Å². The molecule has 1 aromatic heterocycles. The minimum absolute atomic E-state index is 0.818. The van der Waals surface area contributed by atoms with Gasteiger partial charge in [0.2, 0.25) is 0 Å². The predicted molar refractivity (Wildman–Crippen MR) is 82.7 cm³/mol. The lowest BCUT2D eigenvalue weighted by Gasteiger charge is -2.20. The van der Waals surface area contributed by atoms with Crippen LogP contribution in [0.5, 0.6) is 0 Å². The Balaban J connectivity index is 1.86. The summed E-state index contributed by atoms with van der Waals surface area (Å²) in [5.74, 6) is 1.70. The van der Waals surface area contributed by atoms with Gasteiger partial charge >= 0.3 is 0 Å². The number of hydrogen-bond acceptors (Lipinski definition) is 5. The van der Waals surface area contributed by atoms with Gasteiger partial charge in [-0.05, 0) is 42.2 Å². The second kappa shape index (κ2) is 7.05. The molecule has 2 N–H and O–H groups in total. The number of hydrogen-bond donors (Lipinski definition) is 2. The van der Waals surface area contributed by atoms with Gasteiger partial charge in [-0.25, -0.2) is 9.97 Å². The molecular formula is C13H22BrN5. The third kappa shape index (κ3) is 4.04. The first-order valence-corrected chi connectivity index (χ1v) is 7.77. The molecule has 0 spiro atoms. The fourth-order valence-corrected chi connectivity index (χ4v) is 2.63. The Morgan fingerprint density at radius 2 is 1.95 bits per heavy atom. The van der Waals surface area contributed by atoms with Crippen LogP contribution in [0.2, 0.25) is 0 Å². The average Bonchev–Trinajstić information content (AvgIpc) is 3.23.